The summed E-state index contributed by atoms with van der Waals surface area (Å²) in [6, 6.07) is 9.85. The average molecular weight is 425 g/mol. The van der Waals surface area contributed by atoms with Gasteiger partial charge >= 0.3 is 5.97 Å². The van der Waals surface area contributed by atoms with E-state index in [1.807, 2.05) is 42.2 Å². The first-order chi connectivity index (χ1) is 15.1. The number of carbonyl (C=O) groups excluding carboxylic acids is 2. The number of ether oxygens (including phenoxy) is 1. The maximum absolute atomic E-state index is 13.2. The molecule has 0 spiro atoms. The molecule has 6 rings (SSSR count). The summed E-state index contributed by atoms with van der Waals surface area (Å²) in [7, 11) is 0. The number of hydrogen-bond acceptors (Lipinski definition) is 4. The van der Waals surface area contributed by atoms with Crippen LogP contribution in [0.2, 0.25) is 0 Å². The van der Waals surface area contributed by atoms with E-state index >= 15 is 0 Å². The predicted octanol–water partition coefficient (Wildman–Crippen LogP) is 4.49. The smallest absolute Gasteiger partial charge is 0.331 e. The van der Waals surface area contributed by atoms with Crippen LogP contribution in [-0.2, 0) is 14.3 Å². The minimum absolute atomic E-state index is 0.202. The predicted molar refractivity (Wildman–Crippen MR) is 120 cm³/mol. The summed E-state index contributed by atoms with van der Waals surface area (Å²) in [5.74, 6) is 4.14. The Morgan fingerprint density at radius 3 is 2.19 bits per heavy atom. The Bertz CT molecular complexity index is 772. The molecule has 0 radical (unpaired) electrons. The van der Waals surface area contributed by atoms with E-state index in [2.05, 4.69) is 5.32 Å². The number of esters is 1. The standard InChI is InChI=1S/C26H36N2O3/c1-2-31-25(30)26(27-22-6-4-3-5-7-22)8-10-28(11-9-26)24(29)17-23-20-13-18-12-19(15-20)16-21(23)14-18/h3-7,18-21,23,27H,2,8-17H2,1H3. The number of anilines is 1. The second-order valence-electron chi connectivity index (χ2n) is 10.5. The highest BCUT2D eigenvalue weighted by Gasteiger charge is 2.49. The van der Waals surface area contributed by atoms with Gasteiger partial charge in [0.05, 0.1) is 6.61 Å². The Labute approximate surface area is 185 Å². The Morgan fingerprint density at radius 2 is 1.61 bits per heavy atom. The zero-order chi connectivity index (χ0) is 21.4. The minimum atomic E-state index is -0.753. The van der Waals surface area contributed by atoms with E-state index in [1.54, 1.807) is 0 Å². The van der Waals surface area contributed by atoms with Gasteiger partial charge in [0.1, 0.15) is 5.54 Å². The van der Waals surface area contributed by atoms with Gasteiger partial charge in [-0.1, -0.05) is 18.2 Å². The molecule has 4 aliphatic carbocycles. The van der Waals surface area contributed by atoms with Gasteiger partial charge in [-0.15, -0.1) is 0 Å². The topological polar surface area (TPSA) is 58.6 Å². The normalized spacial score (nSPS) is 33.2. The quantitative estimate of drug-likeness (QED) is 0.684. The lowest BCUT2D eigenvalue weighted by molar-refractivity contribution is -0.152. The van der Waals surface area contributed by atoms with Gasteiger partial charge in [0.15, 0.2) is 0 Å². The van der Waals surface area contributed by atoms with Gasteiger partial charge in [0.2, 0.25) is 5.91 Å². The molecule has 1 aromatic rings. The molecule has 1 aromatic carbocycles. The van der Waals surface area contributed by atoms with E-state index in [-0.39, 0.29) is 5.97 Å². The number of likely N-dealkylation sites (tertiary alicyclic amines) is 1. The van der Waals surface area contributed by atoms with Crippen molar-refractivity contribution in [2.24, 2.45) is 29.6 Å². The SMILES string of the molecule is CCOC(=O)C1(Nc2ccccc2)CCN(C(=O)CC2C3CC4CC(C3)CC2C4)CC1. The van der Waals surface area contributed by atoms with Gasteiger partial charge in [-0.25, -0.2) is 4.79 Å². The highest BCUT2D eigenvalue weighted by molar-refractivity contribution is 5.85. The Morgan fingerprint density at radius 1 is 1.00 bits per heavy atom. The zero-order valence-electron chi connectivity index (χ0n) is 18.7. The molecule has 5 aliphatic rings. The molecule has 5 fully saturated rings. The summed E-state index contributed by atoms with van der Waals surface area (Å²) >= 11 is 0. The maximum Gasteiger partial charge on any atom is 0.331 e. The van der Waals surface area contributed by atoms with Crippen LogP contribution in [-0.4, -0.2) is 42.0 Å². The highest BCUT2D eigenvalue weighted by Crippen LogP contribution is 2.57. The summed E-state index contributed by atoms with van der Waals surface area (Å²) in [6.07, 6.45) is 8.78. The van der Waals surface area contributed by atoms with Crippen molar-refractivity contribution < 1.29 is 14.3 Å². The molecule has 4 saturated carbocycles. The molecule has 1 N–H and O–H groups in total. The summed E-state index contributed by atoms with van der Waals surface area (Å²) in [5.41, 5.74) is 0.167. The number of para-hydroxylation sites is 1. The van der Waals surface area contributed by atoms with Crippen molar-refractivity contribution in [3.8, 4) is 0 Å². The summed E-state index contributed by atoms with van der Waals surface area (Å²) in [5, 5.41) is 3.45. The second kappa shape index (κ2) is 8.48. The van der Waals surface area contributed by atoms with Crippen LogP contribution in [0.15, 0.2) is 30.3 Å². The third-order valence-corrected chi connectivity index (χ3v) is 8.63. The van der Waals surface area contributed by atoms with E-state index in [1.165, 1.54) is 32.1 Å². The monoisotopic (exact) mass is 424 g/mol. The second-order valence-corrected chi connectivity index (χ2v) is 10.5. The molecule has 0 unspecified atom stereocenters. The number of hydrogen-bond donors (Lipinski definition) is 1. The van der Waals surface area contributed by atoms with Crippen LogP contribution in [0.3, 0.4) is 0 Å². The molecule has 5 heteroatoms. The van der Waals surface area contributed by atoms with Gasteiger partial charge < -0.3 is 15.0 Å². The summed E-state index contributed by atoms with van der Waals surface area (Å²) < 4.78 is 5.43. The van der Waals surface area contributed by atoms with Crippen molar-refractivity contribution in [3.05, 3.63) is 30.3 Å². The number of carbonyl (C=O) groups is 2. The Hall–Kier alpha value is -2.04. The van der Waals surface area contributed by atoms with E-state index in [9.17, 15) is 9.59 Å². The molecule has 1 saturated heterocycles. The molecule has 1 aliphatic heterocycles. The van der Waals surface area contributed by atoms with E-state index < -0.39 is 5.54 Å². The first kappa shape index (κ1) is 20.8. The van der Waals surface area contributed by atoms with Crippen LogP contribution in [0.4, 0.5) is 5.69 Å². The molecule has 1 heterocycles. The number of piperidine rings is 1. The summed E-state index contributed by atoms with van der Waals surface area (Å²) in [6.45, 7) is 3.44. The first-order valence-corrected chi connectivity index (χ1v) is 12.3. The van der Waals surface area contributed by atoms with Crippen LogP contribution >= 0.6 is 0 Å². The van der Waals surface area contributed by atoms with Gasteiger partial charge in [-0.2, -0.15) is 0 Å². The van der Waals surface area contributed by atoms with Gasteiger partial charge in [0, 0.05) is 25.2 Å². The fourth-order valence-electron chi connectivity index (χ4n) is 7.29. The van der Waals surface area contributed by atoms with E-state index in [0.717, 1.165) is 29.4 Å². The third-order valence-electron chi connectivity index (χ3n) is 8.63. The Balaban J connectivity index is 1.22. The fraction of sp³-hybridized carbons (Fsp3) is 0.692. The van der Waals surface area contributed by atoms with Gasteiger partial charge in [0.25, 0.3) is 0 Å². The molecule has 0 atom stereocenters. The number of rotatable bonds is 6. The molecule has 4 bridgehead atoms. The molecule has 31 heavy (non-hydrogen) atoms. The van der Waals surface area contributed by atoms with E-state index in [0.29, 0.717) is 50.8 Å². The van der Waals surface area contributed by atoms with Crippen molar-refractivity contribution >= 4 is 17.6 Å². The third kappa shape index (κ3) is 4.08. The number of amides is 1. The van der Waals surface area contributed by atoms with Crippen molar-refractivity contribution in [2.45, 2.75) is 63.8 Å². The van der Waals surface area contributed by atoms with Crippen molar-refractivity contribution in [2.75, 3.05) is 25.0 Å². The molecular formula is C26H36N2O3. The molecular weight excluding hydrogens is 388 g/mol. The van der Waals surface area contributed by atoms with Crippen LogP contribution in [0, 0.1) is 29.6 Å². The number of benzene rings is 1. The van der Waals surface area contributed by atoms with E-state index in [4.69, 9.17) is 4.74 Å². The lowest BCUT2D eigenvalue weighted by atomic mass is 9.51. The highest BCUT2D eigenvalue weighted by atomic mass is 16.5. The van der Waals surface area contributed by atoms with Gasteiger partial charge in [-0.3, -0.25) is 4.79 Å². The number of nitrogens with one attached hydrogen (secondary N) is 1. The van der Waals surface area contributed by atoms with Crippen LogP contribution in [0.1, 0.15) is 58.3 Å². The molecule has 5 nitrogen and oxygen atoms in total. The molecule has 168 valence electrons. The average Bonchev–Trinajstić information content (AvgIpc) is 2.77. The fourth-order valence-corrected chi connectivity index (χ4v) is 7.29. The maximum atomic E-state index is 13.2. The van der Waals surface area contributed by atoms with Crippen LogP contribution < -0.4 is 5.32 Å². The largest absolute Gasteiger partial charge is 0.464 e. The van der Waals surface area contributed by atoms with Crippen LogP contribution in [0.5, 0.6) is 0 Å². The molecule has 0 aromatic heterocycles. The minimum Gasteiger partial charge on any atom is -0.464 e. The van der Waals surface area contributed by atoms with Crippen LogP contribution in [0.25, 0.3) is 0 Å². The summed E-state index contributed by atoms with van der Waals surface area (Å²) in [4.78, 5) is 28.2. The van der Waals surface area contributed by atoms with Crippen molar-refractivity contribution in [1.29, 1.82) is 0 Å². The molecule has 1 amide bonds. The van der Waals surface area contributed by atoms with Crippen molar-refractivity contribution in [1.82, 2.24) is 4.90 Å². The lowest BCUT2D eigenvalue weighted by Crippen LogP contribution is -2.56. The lowest BCUT2D eigenvalue weighted by Gasteiger charge is -2.54. The van der Waals surface area contributed by atoms with Crippen molar-refractivity contribution in [3.63, 3.8) is 0 Å². The Kier molecular flexibility index (Phi) is 5.70. The first-order valence-electron chi connectivity index (χ1n) is 12.3. The van der Waals surface area contributed by atoms with Gasteiger partial charge in [-0.05, 0) is 93.6 Å². The zero-order valence-corrected chi connectivity index (χ0v) is 18.7. The number of nitrogens with zero attached hydrogens (tertiary/aromatic N) is 1.